The Morgan fingerprint density at radius 3 is 2.09 bits per heavy atom. The van der Waals surface area contributed by atoms with Crippen molar-refractivity contribution in [2.45, 2.75) is 25.3 Å². The fourth-order valence-corrected chi connectivity index (χ4v) is 2.95. The van der Waals surface area contributed by atoms with Crippen LogP contribution in [0.5, 0.6) is 0 Å². The number of rotatable bonds is 7. The first-order valence-electron chi connectivity index (χ1n) is 8.17. The van der Waals surface area contributed by atoms with Crippen molar-refractivity contribution in [3.63, 3.8) is 0 Å². The Balaban J connectivity index is 1.67. The summed E-state index contributed by atoms with van der Waals surface area (Å²) in [6.45, 7) is 3.08. The molecule has 0 aliphatic heterocycles. The van der Waals surface area contributed by atoms with Crippen molar-refractivity contribution in [1.82, 2.24) is 15.3 Å². The van der Waals surface area contributed by atoms with Crippen molar-refractivity contribution < 1.29 is 0 Å². The summed E-state index contributed by atoms with van der Waals surface area (Å²) in [6, 6.07) is 21.7. The smallest absolute Gasteiger partial charge is 0.122 e. The van der Waals surface area contributed by atoms with Gasteiger partial charge in [-0.15, -0.1) is 0 Å². The van der Waals surface area contributed by atoms with E-state index in [-0.39, 0.29) is 6.04 Å². The van der Waals surface area contributed by atoms with Crippen molar-refractivity contribution in [2.24, 2.45) is 0 Å². The van der Waals surface area contributed by atoms with Gasteiger partial charge < -0.3 is 10.3 Å². The Bertz CT molecular complexity index is 638. The number of H-pyrrole nitrogens is 1. The van der Waals surface area contributed by atoms with Crippen molar-refractivity contribution in [2.75, 3.05) is 6.54 Å². The molecule has 0 radical (unpaired) electrons. The molecule has 0 saturated heterocycles. The van der Waals surface area contributed by atoms with Gasteiger partial charge in [0.25, 0.3) is 0 Å². The lowest BCUT2D eigenvalue weighted by atomic mass is 9.88. The van der Waals surface area contributed by atoms with Gasteiger partial charge in [-0.05, 0) is 31.0 Å². The van der Waals surface area contributed by atoms with Crippen molar-refractivity contribution in [1.29, 1.82) is 0 Å². The van der Waals surface area contributed by atoms with E-state index in [1.165, 1.54) is 11.1 Å². The lowest BCUT2D eigenvalue weighted by Crippen LogP contribution is -2.22. The average molecular weight is 305 g/mol. The molecule has 0 amide bonds. The van der Waals surface area contributed by atoms with E-state index in [4.69, 9.17) is 0 Å². The Morgan fingerprint density at radius 2 is 1.57 bits per heavy atom. The van der Waals surface area contributed by atoms with Crippen LogP contribution in [-0.2, 0) is 0 Å². The third-order valence-corrected chi connectivity index (χ3v) is 4.22. The van der Waals surface area contributed by atoms with Crippen LogP contribution >= 0.6 is 0 Å². The molecule has 3 nitrogen and oxygen atoms in total. The molecular formula is C20H23N3. The van der Waals surface area contributed by atoms with Crippen LogP contribution in [-0.4, -0.2) is 16.5 Å². The molecule has 118 valence electrons. The summed E-state index contributed by atoms with van der Waals surface area (Å²) >= 11 is 0. The summed E-state index contributed by atoms with van der Waals surface area (Å²) in [5.41, 5.74) is 2.73. The quantitative estimate of drug-likeness (QED) is 0.684. The maximum absolute atomic E-state index is 4.31. The van der Waals surface area contributed by atoms with E-state index in [1.807, 2.05) is 6.20 Å². The summed E-state index contributed by atoms with van der Waals surface area (Å²) < 4.78 is 0. The largest absolute Gasteiger partial charge is 0.347 e. The van der Waals surface area contributed by atoms with Gasteiger partial charge in [0.05, 0.1) is 6.04 Å². The van der Waals surface area contributed by atoms with E-state index in [2.05, 4.69) is 82.9 Å². The predicted octanol–water partition coefficient (Wildman–Crippen LogP) is 4.28. The molecule has 3 rings (SSSR count). The highest BCUT2D eigenvalue weighted by atomic mass is 15.0. The summed E-state index contributed by atoms with van der Waals surface area (Å²) in [6.07, 6.45) is 4.72. The summed E-state index contributed by atoms with van der Waals surface area (Å²) in [4.78, 5) is 7.48. The molecule has 0 saturated carbocycles. The second kappa shape index (κ2) is 7.75. The molecule has 1 unspecified atom stereocenters. The SMILES string of the molecule is CC(NCCC(c1ccccc1)c1ccccc1)c1ncc[nH]1. The molecular weight excluding hydrogens is 282 g/mol. The third-order valence-electron chi connectivity index (χ3n) is 4.22. The van der Waals surface area contributed by atoms with E-state index in [9.17, 15) is 0 Å². The highest BCUT2D eigenvalue weighted by molar-refractivity contribution is 5.32. The van der Waals surface area contributed by atoms with Crippen LogP contribution in [0, 0.1) is 0 Å². The Kier molecular flexibility index (Phi) is 5.22. The first kappa shape index (κ1) is 15.5. The van der Waals surface area contributed by atoms with E-state index in [1.54, 1.807) is 6.20 Å². The van der Waals surface area contributed by atoms with Crippen molar-refractivity contribution in [3.8, 4) is 0 Å². The van der Waals surface area contributed by atoms with Crippen LogP contribution in [0.3, 0.4) is 0 Å². The van der Waals surface area contributed by atoms with Crippen LogP contribution in [0.2, 0.25) is 0 Å². The first-order chi connectivity index (χ1) is 11.3. The minimum absolute atomic E-state index is 0.234. The third kappa shape index (κ3) is 4.08. The summed E-state index contributed by atoms with van der Waals surface area (Å²) in [5.74, 6) is 1.40. The van der Waals surface area contributed by atoms with Gasteiger partial charge in [-0.1, -0.05) is 60.7 Å². The Hall–Kier alpha value is -2.39. The molecule has 1 atom stereocenters. The number of aromatic nitrogens is 2. The van der Waals surface area contributed by atoms with Gasteiger partial charge in [-0.2, -0.15) is 0 Å². The van der Waals surface area contributed by atoms with E-state index in [0.717, 1.165) is 18.8 Å². The molecule has 1 aromatic heterocycles. The maximum Gasteiger partial charge on any atom is 0.122 e. The van der Waals surface area contributed by atoms with Gasteiger partial charge >= 0.3 is 0 Å². The monoisotopic (exact) mass is 305 g/mol. The molecule has 1 heterocycles. The van der Waals surface area contributed by atoms with E-state index < -0.39 is 0 Å². The zero-order chi connectivity index (χ0) is 15.9. The number of hydrogen-bond donors (Lipinski definition) is 2. The highest BCUT2D eigenvalue weighted by Crippen LogP contribution is 2.27. The van der Waals surface area contributed by atoms with E-state index in [0.29, 0.717) is 5.92 Å². The molecule has 0 aliphatic rings. The molecule has 23 heavy (non-hydrogen) atoms. The molecule has 2 N–H and O–H groups in total. The van der Waals surface area contributed by atoms with Gasteiger partial charge in [0.15, 0.2) is 0 Å². The fourth-order valence-electron chi connectivity index (χ4n) is 2.95. The zero-order valence-electron chi connectivity index (χ0n) is 13.4. The molecule has 3 aromatic rings. The van der Waals surface area contributed by atoms with E-state index >= 15 is 0 Å². The van der Waals surface area contributed by atoms with Gasteiger partial charge in [0, 0.05) is 18.3 Å². The van der Waals surface area contributed by atoms with Crippen LogP contribution in [0.4, 0.5) is 0 Å². The van der Waals surface area contributed by atoms with Gasteiger partial charge in [-0.3, -0.25) is 0 Å². The predicted molar refractivity (Wildman–Crippen MR) is 94.3 cm³/mol. The molecule has 0 spiro atoms. The second-order valence-corrected chi connectivity index (χ2v) is 5.81. The molecule has 2 aromatic carbocycles. The number of imidazole rings is 1. The van der Waals surface area contributed by atoms with Crippen LogP contribution in [0.15, 0.2) is 73.1 Å². The number of hydrogen-bond acceptors (Lipinski definition) is 2. The lowest BCUT2D eigenvalue weighted by molar-refractivity contribution is 0.523. The van der Waals surface area contributed by atoms with Crippen LogP contribution < -0.4 is 5.32 Å². The Morgan fingerprint density at radius 1 is 0.957 bits per heavy atom. The topological polar surface area (TPSA) is 40.7 Å². The normalized spacial score (nSPS) is 12.4. The first-order valence-corrected chi connectivity index (χ1v) is 8.17. The number of aromatic amines is 1. The van der Waals surface area contributed by atoms with Crippen molar-refractivity contribution >= 4 is 0 Å². The number of nitrogens with one attached hydrogen (secondary N) is 2. The van der Waals surface area contributed by atoms with Crippen molar-refractivity contribution in [3.05, 3.63) is 90.0 Å². The minimum atomic E-state index is 0.234. The molecule has 3 heteroatoms. The van der Waals surface area contributed by atoms with Gasteiger partial charge in [0.1, 0.15) is 5.82 Å². The van der Waals surface area contributed by atoms with Gasteiger partial charge in [-0.25, -0.2) is 4.98 Å². The maximum atomic E-state index is 4.31. The van der Waals surface area contributed by atoms with Crippen LogP contribution in [0.1, 0.15) is 42.3 Å². The highest BCUT2D eigenvalue weighted by Gasteiger charge is 2.14. The lowest BCUT2D eigenvalue weighted by Gasteiger charge is -2.20. The molecule has 0 aliphatic carbocycles. The Labute approximate surface area is 137 Å². The average Bonchev–Trinajstić information content (AvgIpc) is 3.15. The summed E-state index contributed by atoms with van der Waals surface area (Å²) in [7, 11) is 0. The fraction of sp³-hybridized carbons (Fsp3) is 0.250. The minimum Gasteiger partial charge on any atom is -0.347 e. The van der Waals surface area contributed by atoms with Gasteiger partial charge in [0.2, 0.25) is 0 Å². The zero-order valence-corrected chi connectivity index (χ0v) is 13.4. The standard InChI is InChI=1S/C20H23N3/c1-16(20-22-14-15-23-20)21-13-12-19(17-8-4-2-5-9-17)18-10-6-3-7-11-18/h2-11,14-16,19,21H,12-13H2,1H3,(H,22,23). The number of benzene rings is 2. The second-order valence-electron chi connectivity index (χ2n) is 5.81. The summed E-state index contributed by atoms with van der Waals surface area (Å²) in [5, 5.41) is 3.56. The molecule has 0 fully saturated rings. The number of nitrogens with zero attached hydrogens (tertiary/aromatic N) is 1. The molecule has 0 bridgehead atoms. The van der Waals surface area contributed by atoms with Crippen LogP contribution in [0.25, 0.3) is 0 Å².